The average molecular weight is 831 g/mol. The van der Waals surface area contributed by atoms with Gasteiger partial charge in [0, 0.05) is 68.1 Å². The van der Waals surface area contributed by atoms with Gasteiger partial charge in [0.25, 0.3) is 5.78 Å². The lowest BCUT2D eigenvalue weighted by molar-refractivity contribution is -0.955. The molecule has 1 saturated heterocycles. The molecule has 12 heteroatoms. The molecule has 0 aromatic heterocycles. The Labute approximate surface area is 354 Å². The maximum atomic E-state index is 14.8. The van der Waals surface area contributed by atoms with E-state index in [1.54, 1.807) is 39.2 Å². The molecule has 0 amide bonds. The highest BCUT2D eigenvalue weighted by Crippen LogP contribution is 2.49. The number of likely N-dealkylation sites (tertiary alicyclic amines) is 1. The van der Waals surface area contributed by atoms with Gasteiger partial charge in [0.2, 0.25) is 0 Å². The monoisotopic (exact) mass is 830 g/mol. The fraction of sp³-hybridized carbons (Fsp3) is 0.625. The van der Waals surface area contributed by atoms with Crippen molar-refractivity contribution in [2.45, 2.75) is 138 Å². The SMILES string of the molecule is CO[C@H]1/C=C/O[C@@]2(C)Oc3c(C)c(O)c4c(O)c(c5c(c4c3C2=O)=NC2(CC[N+](CC(C)C)(C(C)C)CC2)N=5)CC(=O)/C(C)=C\C=C\[C@H](C)[C@H](O)C[C@@H](O)[C@@H](C)[C@H](C)[C@@H]1C. The average Bonchev–Trinajstić information content (AvgIpc) is 3.70. The maximum Gasteiger partial charge on any atom is 0.312 e. The first-order valence-corrected chi connectivity index (χ1v) is 21.8. The number of fused-ring (bicyclic) bond motifs is 1. The third-order valence-corrected chi connectivity index (χ3v) is 14.5. The molecule has 328 valence electrons. The Morgan fingerprint density at radius 2 is 1.55 bits per heavy atom. The number of hydrogen-bond donors (Lipinski definition) is 4. The second-order valence-electron chi connectivity index (χ2n) is 19.2. The molecule has 8 atom stereocenters. The maximum absolute atomic E-state index is 14.8. The second kappa shape index (κ2) is 17.0. The topological polar surface area (TPSA) is 167 Å². The van der Waals surface area contributed by atoms with Crippen LogP contribution in [0.3, 0.4) is 0 Å². The molecule has 4 bridgehead atoms. The molecule has 4 heterocycles. The van der Waals surface area contributed by atoms with Crippen LogP contribution in [0.5, 0.6) is 17.2 Å². The summed E-state index contributed by atoms with van der Waals surface area (Å²) < 4.78 is 19.3. The van der Waals surface area contributed by atoms with Crippen molar-refractivity contribution in [1.29, 1.82) is 0 Å². The van der Waals surface area contributed by atoms with Gasteiger partial charge in [-0.2, -0.15) is 0 Å². The Hall–Kier alpha value is -4.10. The van der Waals surface area contributed by atoms with E-state index in [4.69, 9.17) is 24.2 Å². The number of ether oxygens (including phenoxy) is 3. The number of ketones is 2. The van der Waals surface area contributed by atoms with Gasteiger partial charge in [-0.05, 0) is 57.1 Å². The van der Waals surface area contributed by atoms with E-state index in [9.17, 15) is 30.0 Å². The molecular weight excluding hydrogens is 763 g/mol. The molecule has 0 unspecified atom stereocenters. The van der Waals surface area contributed by atoms with Crippen molar-refractivity contribution in [2.24, 2.45) is 39.6 Å². The first kappa shape index (κ1) is 45.4. The first-order valence-electron chi connectivity index (χ1n) is 21.8. The number of Topliss-reactive ketones (excluding diaryl/α,β-unsaturated/α-hetero) is 2. The van der Waals surface area contributed by atoms with Crippen molar-refractivity contribution in [2.75, 3.05) is 26.7 Å². The highest BCUT2D eigenvalue weighted by molar-refractivity contribution is 6.18. The van der Waals surface area contributed by atoms with Crippen molar-refractivity contribution >= 4 is 22.3 Å². The number of aliphatic hydroxyl groups is 2. The Morgan fingerprint density at radius 1 is 0.900 bits per heavy atom. The largest absolute Gasteiger partial charge is 0.507 e. The second-order valence-corrected chi connectivity index (χ2v) is 19.2. The van der Waals surface area contributed by atoms with E-state index < -0.39 is 35.5 Å². The number of quaternary nitrogens is 1. The Bertz CT molecular complexity index is 2230. The standard InChI is InChI=1S/C48H67N3O9/c1-25(2)24-51(26(3)4)19-17-48(18-20-51)49-41-33-22-34(52)27(5)14-13-15-28(6)35(53)23-36(54)30(8)29(7)31(9)37(58-12)16-21-59-47(11)46(57)40-38(42(41)50-48)39(44(33)56)43(55)32(10)45(40)60-47/h13-16,21,25-26,28-31,35-37,53-54H,17-20,22-24H2,1-12H3,(H-,49,55,56,57)/p+1/b15-13+,21-16+,27-14-/t28-,29-,30-,31-,35+,36+,37-,47-,48?,51?/m0/s1. The number of rotatable bonds is 4. The number of carbonyl (C=O) groups excluding carboxylic acids is 2. The van der Waals surface area contributed by atoms with Gasteiger partial charge in [-0.25, -0.2) is 0 Å². The van der Waals surface area contributed by atoms with Gasteiger partial charge in [-0.3, -0.25) is 19.6 Å². The highest BCUT2D eigenvalue weighted by atomic mass is 16.7. The summed E-state index contributed by atoms with van der Waals surface area (Å²) in [6.07, 6.45) is 7.41. The number of allylic oxidation sites excluding steroid dienone is 3. The van der Waals surface area contributed by atoms with Crippen molar-refractivity contribution in [1.82, 2.24) is 0 Å². The van der Waals surface area contributed by atoms with Gasteiger partial charge >= 0.3 is 5.79 Å². The summed E-state index contributed by atoms with van der Waals surface area (Å²) in [5, 5.41) is 47.4. The number of carbonyl (C=O) groups is 2. The minimum Gasteiger partial charge on any atom is -0.507 e. The van der Waals surface area contributed by atoms with Crippen LogP contribution >= 0.6 is 0 Å². The van der Waals surface area contributed by atoms with Gasteiger partial charge in [0.15, 0.2) is 11.4 Å². The molecule has 60 heavy (non-hydrogen) atoms. The molecule has 2 aromatic carbocycles. The summed E-state index contributed by atoms with van der Waals surface area (Å²) in [6, 6.07) is 0.388. The van der Waals surface area contributed by atoms with E-state index in [0.29, 0.717) is 41.1 Å². The minimum absolute atomic E-state index is 0.0147. The highest BCUT2D eigenvalue weighted by Gasteiger charge is 2.51. The van der Waals surface area contributed by atoms with Crippen molar-refractivity contribution in [3.05, 3.63) is 63.5 Å². The fourth-order valence-corrected chi connectivity index (χ4v) is 9.88. The summed E-state index contributed by atoms with van der Waals surface area (Å²) >= 11 is 0. The summed E-state index contributed by atoms with van der Waals surface area (Å²) in [7, 11) is 1.59. The number of aliphatic hydroxyl groups excluding tert-OH is 2. The number of hydrogen-bond acceptors (Lipinski definition) is 11. The van der Waals surface area contributed by atoms with Gasteiger partial charge in [0.1, 0.15) is 17.2 Å². The molecular formula is C48H68N3O9+. The Balaban J connectivity index is 1.55. The lowest BCUT2D eigenvalue weighted by Gasteiger charge is -2.49. The molecule has 1 spiro atoms. The predicted octanol–water partition coefficient (Wildman–Crippen LogP) is 6.30. The molecule has 0 radical (unpaired) electrons. The fourth-order valence-electron chi connectivity index (χ4n) is 9.88. The van der Waals surface area contributed by atoms with Crippen molar-refractivity contribution in [3.8, 4) is 17.2 Å². The number of phenolic OH excluding ortho intramolecular Hbond substituents is 2. The first-order chi connectivity index (χ1) is 28.1. The number of aromatic hydroxyl groups is 2. The van der Waals surface area contributed by atoms with Crippen LogP contribution in [-0.4, -0.2) is 99.0 Å². The van der Waals surface area contributed by atoms with E-state index >= 15 is 0 Å². The number of methoxy groups -OCH3 is 1. The zero-order valence-corrected chi connectivity index (χ0v) is 37.7. The van der Waals surface area contributed by atoms with Crippen LogP contribution in [0.2, 0.25) is 0 Å². The van der Waals surface area contributed by atoms with E-state index in [0.717, 1.165) is 24.1 Å². The molecule has 4 aliphatic heterocycles. The predicted molar refractivity (Wildman–Crippen MR) is 230 cm³/mol. The smallest absolute Gasteiger partial charge is 0.312 e. The quantitative estimate of drug-likeness (QED) is 0.259. The molecule has 12 nitrogen and oxygen atoms in total. The van der Waals surface area contributed by atoms with Gasteiger partial charge in [-0.15, -0.1) is 0 Å². The van der Waals surface area contributed by atoms with Crippen LogP contribution in [0.1, 0.15) is 110 Å². The minimum atomic E-state index is -1.85. The van der Waals surface area contributed by atoms with Crippen LogP contribution in [0.15, 0.2) is 46.1 Å². The summed E-state index contributed by atoms with van der Waals surface area (Å²) in [4.78, 5) is 39.4. The molecule has 2 aromatic rings. The zero-order chi connectivity index (χ0) is 44.2. The Kier molecular flexibility index (Phi) is 12.9. The Morgan fingerprint density at radius 3 is 2.17 bits per heavy atom. The molecule has 4 N–H and O–H groups in total. The van der Waals surface area contributed by atoms with Crippen LogP contribution in [0.25, 0.3) is 10.8 Å². The van der Waals surface area contributed by atoms with Crippen LogP contribution < -0.4 is 15.5 Å². The zero-order valence-electron chi connectivity index (χ0n) is 37.7. The number of piperidine rings is 1. The van der Waals surface area contributed by atoms with Crippen LogP contribution in [-0.2, 0) is 20.7 Å². The third kappa shape index (κ3) is 8.05. The summed E-state index contributed by atoms with van der Waals surface area (Å²) in [6.45, 7) is 24.4. The lowest BCUT2D eigenvalue weighted by Crippen LogP contribution is -2.61. The van der Waals surface area contributed by atoms with E-state index in [-0.39, 0.29) is 87.0 Å². The molecule has 4 aliphatic rings. The molecule has 6 rings (SSSR count). The normalized spacial score (nSPS) is 35.9. The van der Waals surface area contributed by atoms with Crippen molar-refractivity contribution < 1.29 is 48.7 Å². The third-order valence-electron chi connectivity index (χ3n) is 14.5. The number of benzene rings is 2. The van der Waals surface area contributed by atoms with E-state index in [1.165, 1.54) is 13.2 Å². The molecule has 1 fully saturated rings. The van der Waals surface area contributed by atoms with E-state index in [2.05, 4.69) is 27.7 Å². The number of phenols is 2. The van der Waals surface area contributed by atoms with Crippen LogP contribution in [0.4, 0.5) is 0 Å². The van der Waals surface area contributed by atoms with Gasteiger partial charge in [-0.1, -0.05) is 59.8 Å². The lowest BCUT2D eigenvalue weighted by atomic mass is 9.77. The van der Waals surface area contributed by atoms with Crippen molar-refractivity contribution in [3.63, 3.8) is 0 Å². The number of nitrogens with zero attached hydrogens (tertiary/aromatic N) is 3. The van der Waals surface area contributed by atoms with Gasteiger partial charge in [0.05, 0.1) is 71.9 Å². The van der Waals surface area contributed by atoms with Gasteiger partial charge < -0.3 is 39.1 Å². The van der Waals surface area contributed by atoms with E-state index in [1.807, 2.05) is 33.8 Å². The summed E-state index contributed by atoms with van der Waals surface area (Å²) in [5.74, 6) is -3.33. The van der Waals surface area contributed by atoms with Crippen LogP contribution in [0, 0.1) is 36.5 Å². The molecule has 0 saturated carbocycles. The summed E-state index contributed by atoms with van der Waals surface area (Å²) in [5.41, 5.74) is 0.108. The molecule has 0 aliphatic carbocycles.